The number of halogens is 1. The van der Waals surface area contributed by atoms with E-state index < -0.39 is 0 Å². The minimum atomic E-state index is -0.0649. The predicted molar refractivity (Wildman–Crippen MR) is 97.1 cm³/mol. The quantitative estimate of drug-likeness (QED) is 0.743. The molecule has 0 fully saturated rings. The van der Waals surface area contributed by atoms with Crippen molar-refractivity contribution in [1.29, 1.82) is 0 Å². The van der Waals surface area contributed by atoms with E-state index in [1.165, 1.54) is 6.92 Å². The second-order valence-corrected chi connectivity index (χ2v) is 5.96. The maximum Gasteiger partial charge on any atom is 0.224 e. The summed E-state index contributed by atoms with van der Waals surface area (Å²) in [7, 11) is 4.77. The zero-order valence-electron chi connectivity index (χ0n) is 14.1. The number of nitrogens with zero attached hydrogens (tertiary/aromatic N) is 1. The lowest BCUT2D eigenvalue weighted by molar-refractivity contribution is -0.116. The summed E-state index contributed by atoms with van der Waals surface area (Å²) < 4.78 is 16.7. The molecule has 1 amide bonds. The molecule has 0 aliphatic rings. The zero-order chi connectivity index (χ0) is 17.7. The summed E-state index contributed by atoms with van der Waals surface area (Å²) in [5.41, 5.74) is 1.68. The number of rotatable bonds is 6. The molecule has 0 saturated heterocycles. The van der Waals surface area contributed by atoms with Gasteiger partial charge < -0.3 is 19.1 Å². The number of anilines is 1. The van der Waals surface area contributed by atoms with Crippen molar-refractivity contribution < 1.29 is 19.0 Å². The smallest absolute Gasteiger partial charge is 0.224 e. The van der Waals surface area contributed by atoms with Crippen molar-refractivity contribution >= 4 is 27.5 Å². The van der Waals surface area contributed by atoms with Gasteiger partial charge in [-0.2, -0.15) is 0 Å². The highest BCUT2D eigenvalue weighted by atomic mass is 79.9. The van der Waals surface area contributed by atoms with Crippen LogP contribution in [0.5, 0.6) is 17.2 Å². The van der Waals surface area contributed by atoms with E-state index in [0.29, 0.717) is 23.8 Å². The lowest BCUT2D eigenvalue weighted by Gasteiger charge is -2.23. The van der Waals surface area contributed by atoms with Crippen molar-refractivity contribution in [3.05, 3.63) is 46.4 Å². The normalized spacial score (nSPS) is 10.2. The Labute approximate surface area is 150 Å². The lowest BCUT2D eigenvalue weighted by Crippen LogP contribution is -2.28. The van der Waals surface area contributed by atoms with Gasteiger partial charge in [0, 0.05) is 23.2 Å². The fraction of sp³-hybridized carbons (Fsp3) is 0.278. The molecule has 0 atom stereocenters. The molecule has 0 aromatic heterocycles. The summed E-state index contributed by atoms with van der Waals surface area (Å²) in [6.07, 6.45) is 0. The molecule has 0 radical (unpaired) electrons. The number of methoxy groups -OCH3 is 3. The van der Waals surface area contributed by atoms with Gasteiger partial charge in [0.25, 0.3) is 0 Å². The second kappa shape index (κ2) is 8.06. The molecule has 0 heterocycles. The van der Waals surface area contributed by atoms with Gasteiger partial charge >= 0.3 is 0 Å². The molecule has 2 aromatic carbocycles. The van der Waals surface area contributed by atoms with Crippen molar-refractivity contribution in [2.75, 3.05) is 26.2 Å². The van der Waals surface area contributed by atoms with Gasteiger partial charge in [0.2, 0.25) is 5.91 Å². The summed E-state index contributed by atoms with van der Waals surface area (Å²) in [5.74, 6) is 1.88. The van der Waals surface area contributed by atoms with Crippen molar-refractivity contribution in [2.45, 2.75) is 13.5 Å². The monoisotopic (exact) mass is 393 g/mol. The SMILES string of the molecule is COc1cccc(N(Cc2cc(OC)c(OC)cc2Br)C(C)=O)c1. The first-order valence-electron chi connectivity index (χ1n) is 7.32. The fourth-order valence-electron chi connectivity index (χ4n) is 2.35. The van der Waals surface area contributed by atoms with Crippen LogP contribution in [0.15, 0.2) is 40.9 Å². The predicted octanol–water partition coefficient (Wildman–Crippen LogP) is 4.03. The van der Waals surface area contributed by atoms with E-state index in [1.54, 1.807) is 26.2 Å². The second-order valence-electron chi connectivity index (χ2n) is 5.11. The van der Waals surface area contributed by atoms with Gasteiger partial charge in [-0.05, 0) is 29.8 Å². The summed E-state index contributed by atoms with van der Waals surface area (Å²) >= 11 is 3.53. The third-order valence-corrected chi connectivity index (χ3v) is 4.36. The molecule has 0 aliphatic heterocycles. The van der Waals surface area contributed by atoms with Crippen LogP contribution in [-0.4, -0.2) is 27.2 Å². The first kappa shape index (κ1) is 18.1. The van der Waals surface area contributed by atoms with E-state index in [0.717, 1.165) is 15.7 Å². The van der Waals surface area contributed by atoms with Crippen LogP contribution in [0, 0.1) is 0 Å². The van der Waals surface area contributed by atoms with E-state index in [9.17, 15) is 4.79 Å². The Bertz CT molecular complexity index is 733. The van der Waals surface area contributed by atoms with E-state index in [2.05, 4.69) is 15.9 Å². The Kier molecular flexibility index (Phi) is 6.09. The molecular weight excluding hydrogens is 374 g/mol. The molecule has 0 bridgehead atoms. The summed E-state index contributed by atoms with van der Waals surface area (Å²) in [6, 6.07) is 11.1. The molecule has 5 nitrogen and oxygen atoms in total. The van der Waals surface area contributed by atoms with E-state index in [-0.39, 0.29) is 5.91 Å². The third-order valence-electron chi connectivity index (χ3n) is 3.63. The van der Waals surface area contributed by atoms with Gasteiger partial charge in [0.15, 0.2) is 11.5 Å². The first-order chi connectivity index (χ1) is 11.5. The molecule has 128 valence electrons. The molecule has 2 aromatic rings. The fourth-order valence-corrected chi connectivity index (χ4v) is 2.80. The van der Waals surface area contributed by atoms with Gasteiger partial charge in [-0.3, -0.25) is 4.79 Å². The van der Waals surface area contributed by atoms with Gasteiger partial charge in [0.05, 0.1) is 27.9 Å². The number of hydrogen-bond donors (Lipinski definition) is 0. The van der Waals surface area contributed by atoms with Crippen molar-refractivity contribution in [3.8, 4) is 17.2 Å². The minimum absolute atomic E-state index is 0.0649. The Morgan fingerprint density at radius 2 is 1.71 bits per heavy atom. The first-order valence-corrected chi connectivity index (χ1v) is 8.12. The highest BCUT2D eigenvalue weighted by Gasteiger charge is 2.17. The number of hydrogen-bond acceptors (Lipinski definition) is 4. The molecule has 0 spiro atoms. The van der Waals surface area contributed by atoms with Gasteiger partial charge in [-0.15, -0.1) is 0 Å². The third kappa shape index (κ3) is 4.00. The summed E-state index contributed by atoms with van der Waals surface area (Å²) in [6.45, 7) is 1.93. The summed E-state index contributed by atoms with van der Waals surface area (Å²) in [5, 5.41) is 0. The number of ether oxygens (including phenoxy) is 3. The average molecular weight is 394 g/mol. The average Bonchev–Trinajstić information content (AvgIpc) is 2.59. The molecule has 0 unspecified atom stereocenters. The van der Waals surface area contributed by atoms with Crippen LogP contribution in [0.3, 0.4) is 0 Å². The molecule has 0 aliphatic carbocycles. The topological polar surface area (TPSA) is 48.0 Å². The van der Waals surface area contributed by atoms with Crippen molar-refractivity contribution in [2.24, 2.45) is 0 Å². The van der Waals surface area contributed by atoms with Crippen LogP contribution in [0.25, 0.3) is 0 Å². The number of carbonyl (C=O) groups excluding carboxylic acids is 1. The van der Waals surface area contributed by atoms with Gasteiger partial charge in [-0.1, -0.05) is 22.0 Å². The van der Waals surface area contributed by atoms with Crippen LogP contribution in [0.2, 0.25) is 0 Å². The van der Waals surface area contributed by atoms with Crippen molar-refractivity contribution in [3.63, 3.8) is 0 Å². The largest absolute Gasteiger partial charge is 0.497 e. The minimum Gasteiger partial charge on any atom is -0.497 e. The van der Waals surface area contributed by atoms with Crippen LogP contribution >= 0.6 is 15.9 Å². The van der Waals surface area contributed by atoms with Crippen LogP contribution in [0.4, 0.5) is 5.69 Å². The summed E-state index contributed by atoms with van der Waals surface area (Å²) in [4.78, 5) is 13.8. The molecule has 6 heteroatoms. The number of benzene rings is 2. The maximum atomic E-state index is 12.2. The highest BCUT2D eigenvalue weighted by Crippen LogP contribution is 2.34. The van der Waals surface area contributed by atoms with E-state index in [4.69, 9.17) is 14.2 Å². The Morgan fingerprint density at radius 3 is 2.29 bits per heavy atom. The van der Waals surface area contributed by atoms with Gasteiger partial charge in [-0.25, -0.2) is 0 Å². The zero-order valence-corrected chi connectivity index (χ0v) is 15.7. The highest BCUT2D eigenvalue weighted by molar-refractivity contribution is 9.10. The van der Waals surface area contributed by atoms with Gasteiger partial charge in [0.1, 0.15) is 5.75 Å². The molecule has 2 rings (SSSR count). The van der Waals surface area contributed by atoms with Crippen LogP contribution in [-0.2, 0) is 11.3 Å². The van der Waals surface area contributed by atoms with E-state index in [1.807, 2.05) is 36.4 Å². The Hall–Kier alpha value is -2.21. The van der Waals surface area contributed by atoms with Crippen LogP contribution in [0.1, 0.15) is 12.5 Å². The number of carbonyl (C=O) groups is 1. The number of amides is 1. The molecule has 24 heavy (non-hydrogen) atoms. The van der Waals surface area contributed by atoms with Crippen molar-refractivity contribution in [1.82, 2.24) is 0 Å². The molecular formula is C18H20BrNO4. The Balaban J connectivity index is 2.39. The maximum absolute atomic E-state index is 12.2. The Morgan fingerprint density at radius 1 is 1.04 bits per heavy atom. The standard InChI is InChI=1S/C18H20BrNO4/c1-12(21)20(14-6-5-7-15(9-14)22-2)11-13-8-17(23-3)18(24-4)10-16(13)19/h5-10H,11H2,1-4H3. The molecule has 0 N–H and O–H groups in total. The van der Waals surface area contributed by atoms with E-state index >= 15 is 0 Å². The lowest BCUT2D eigenvalue weighted by atomic mass is 10.1. The molecule has 0 saturated carbocycles. The van der Waals surface area contributed by atoms with Crippen LogP contribution < -0.4 is 19.1 Å².